The van der Waals surface area contributed by atoms with Crippen LogP contribution >= 0.6 is 12.4 Å². The molecule has 6 nitrogen and oxygen atoms in total. The third kappa shape index (κ3) is 4.09. The van der Waals surface area contributed by atoms with E-state index in [1.54, 1.807) is 14.2 Å². The molecular formula is C14H20ClN3O3. The molecule has 0 aliphatic heterocycles. The van der Waals surface area contributed by atoms with E-state index < -0.39 is 0 Å². The predicted molar refractivity (Wildman–Crippen MR) is 82.3 cm³/mol. The molecule has 0 spiro atoms. The lowest BCUT2D eigenvalue weighted by Crippen LogP contribution is -2.24. The molecule has 0 aliphatic rings. The van der Waals surface area contributed by atoms with Gasteiger partial charge in [0.2, 0.25) is 0 Å². The number of hydrogen-bond donors (Lipinski definition) is 1. The number of rotatable bonds is 6. The van der Waals surface area contributed by atoms with Gasteiger partial charge in [-0.2, -0.15) is 4.98 Å². The van der Waals surface area contributed by atoms with Gasteiger partial charge in [-0.15, -0.1) is 12.4 Å². The van der Waals surface area contributed by atoms with Crippen LogP contribution in [-0.4, -0.2) is 37.4 Å². The lowest BCUT2D eigenvalue weighted by Gasteiger charge is -2.07. The van der Waals surface area contributed by atoms with Crippen LogP contribution in [0.25, 0.3) is 11.5 Å². The fourth-order valence-corrected chi connectivity index (χ4v) is 1.80. The maximum atomic E-state index is 5.28. The second kappa shape index (κ2) is 7.85. The lowest BCUT2D eigenvalue weighted by atomic mass is 10.2. The molecule has 21 heavy (non-hydrogen) atoms. The number of halogens is 1. The van der Waals surface area contributed by atoms with Crippen molar-refractivity contribution in [1.29, 1.82) is 0 Å². The predicted octanol–water partition coefficient (Wildman–Crippen LogP) is 2.33. The molecule has 1 heterocycles. The van der Waals surface area contributed by atoms with Crippen molar-refractivity contribution in [1.82, 2.24) is 15.5 Å². The van der Waals surface area contributed by atoms with Crippen molar-refractivity contribution in [2.45, 2.75) is 19.4 Å². The average Bonchev–Trinajstić information content (AvgIpc) is 2.94. The molecule has 0 radical (unpaired) electrons. The van der Waals surface area contributed by atoms with Gasteiger partial charge in [0, 0.05) is 18.0 Å². The summed E-state index contributed by atoms with van der Waals surface area (Å²) in [5, 5.41) is 7.12. The van der Waals surface area contributed by atoms with Crippen molar-refractivity contribution in [2.24, 2.45) is 0 Å². The Kier molecular flexibility index (Phi) is 6.45. The van der Waals surface area contributed by atoms with Crippen molar-refractivity contribution < 1.29 is 14.0 Å². The van der Waals surface area contributed by atoms with Gasteiger partial charge in [-0.05, 0) is 32.2 Å². The molecule has 2 rings (SSSR count). The molecule has 0 saturated carbocycles. The van der Waals surface area contributed by atoms with Gasteiger partial charge in [0.05, 0.1) is 14.2 Å². The minimum Gasteiger partial charge on any atom is -0.493 e. The first-order chi connectivity index (χ1) is 9.67. The third-order valence-electron chi connectivity index (χ3n) is 3.08. The van der Waals surface area contributed by atoms with E-state index in [4.69, 9.17) is 14.0 Å². The first kappa shape index (κ1) is 17.3. The third-order valence-corrected chi connectivity index (χ3v) is 3.08. The first-order valence-corrected chi connectivity index (χ1v) is 6.40. The second-order valence-electron chi connectivity index (χ2n) is 4.48. The maximum absolute atomic E-state index is 5.28. The smallest absolute Gasteiger partial charge is 0.258 e. The Morgan fingerprint density at radius 1 is 1.24 bits per heavy atom. The number of ether oxygens (including phenoxy) is 2. The Morgan fingerprint density at radius 3 is 2.57 bits per heavy atom. The number of benzene rings is 1. The van der Waals surface area contributed by atoms with Crippen LogP contribution in [-0.2, 0) is 6.42 Å². The topological polar surface area (TPSA) is 69.4 Å². The summed E-state index contributed by atoms with van der Waals surface area (Å²) in [5.74, 6) is 2.45. The SMILES string of the molecule is CNC(C)Cc1noc(-c2ccc(OC)c(OC)c2)n1.Cl. The standard InChI is InChI=1S/C14H19N3O3.ClH/c1-9(15-2)7-13-16-14(20-17-13)10-5-6-11(18-3)12(8-10)19-4;/h5-6,8-9,15H,7H2,1-4H3;1H. The van der Waals surface area contributed by atoms with Crippen LogP contribution in [0, 0.1) is 0 Å². The lowest BCUT2D eigenvalue weighted by molar-refractivity contribution is 0.355. The van der Waals surface area contributed by atoms with E-state index in [9.17, 15) is 0 Å². The van der Waals surface area contributed by atoms with E-state index in [0.717, 1.165) is 5.56 Å². The minimum atomic E-state index is 0. The highest BCUT2D eigenvalue weighted by molar-refractivity contribution is 5.85. The fourth-order valence-electron chi connectivity index (χ4n) is 1.80. The summed E-state index contributed by atoms with van der Waals surface area (Å²) in [6.45, 7) is 2.06. The van der Waals surface area contributed by atoms with E-state index in [2.05, 4.69) is 22.4 Å². The number of nitrogens with one attached hydrogen (secondary N) is 1. The van der Waals surface area contributed by atoms with Gasteiger partial charge in [-0.25, -0.2) is 0 Å². The Hall–Kier alpha value is -1.79. The maximum Gasteiger partial charge on any atom is 0.258 e. The summed E-state index contributed by atoms with van der Waals surface area (Å²) >= 11 is 0. The van der Waals surface area contributed by atoms with Crippen LogP contribution in [0.3, 0.4) is 0 Å². The zero-order chi connectivity index (χ0) is 14.5. The highest BCUT2D eigenvalue weighted by Crippen LogP contribution is 2.31. The molecule has 2 aromatic rings. The number of nitrogens with zero attached hydrogens (tertiary/aromatic N) is 2. The van der Waals surface area contributed by atoms with Gasteiger partial charge in [0.25, 0.3) is 5.89 Å². The summed E-state index contributed by atoms with van der Waals surface area (Å²) in [6, 6.07) is 5.79. The van der Waals surface area contributed by atoms with Crippen LogP contribution < -0.4 is 14.8 Å². The van der Waals surface area contributed by atoms with Crippen molar-refractivity contribution in [3.63, 3.8) is 0 Å². The molecule has 0 amide bonds. The second-order valence-corrected chi connectivity index (χ2v) is 4.48. The van der Waals surface area contributed by atoms with Crippen molar-refractivity contribution in [2.75, 3.05) is 21.3 Å². The van der Waals surface area contributed by atoms with E-state index in [1.165, 1.54) is 0 Å². The molecule has 116 valence electrons. The molecular weight excluding hydrogens is 294 g/mol. The van der Waals surface area contributed by atoms with Gasteiger partial charge in [-0.1, -0.05) is 5.16 Å². The molecule has 7 heteroatoms. The molecule has 1 aromatic heterocycles. The van der Waals surface area contributed by atoms with E-state index in [1.807, 2.05) is 25.2 Å². The molecule has 1 N–H and O–H groups in total. The van der Waals surface area contributed by atoms with Crippen LogP contribution in [0.5, 0.6) is 11.5 Å². The molecule has 0 fully saturated rings. The summed E-state index contributed by atoms with van der Waals surface area (Å²) in [4.78, 5) is 4.39. The Morgan fingerprint density at radius 2 is 1.95 bits per heavy atom. The normalized spacial score (nSPS) is 11.6. The zero-order valence-corrected chi connectivity index (χ0v) is 13.4. The van der Waals surface area contributed by atoms with Gasteiger partial charge >= 0.3 is 0 Å². The summed E-state index contributed by atoms with van der Waals surface area (Å²) in [5.41, 5.74) is 0.804. The Bertz CT molecular complexity index is 574. The fraction of sp³-hybridized carbons (Fsp3) is 0.429. The summed E-state index contributed by atoms with van der Waals surface area (Å²) in [7, 11) is 5.09. The van der Waals surface area contributed by atoms with Gasteiger partial charge < -0.3 is 19.3 Å². The highest BCUT2D eigenvalue weighted by atomic mass is 35.5. The monoisotopic (exact) mass is 313 g/mol. The van der Waals surface area contributed by atoms with Crippen molar-refractivity contribution >= 4 is 12.4 Å². The number of hydrogen-bond acceptors (Lipinski definition) is 6. The number of methoxy groups -OCH3 is 2. The van der Waals surface area contributed by atoms with Crippen LogP contribution in [0.2, 0.25) is 0 Å². The highest BCUT2D eigenvalue weighted by Gasteiger charge is 2.13. The molecule has 1 atom stereocenters. The number of aromatic nitrogens is 2. The van der Waals surface area contributed by atoms with Gasteiger partial charge in [0.15, 0.2) is 17.3 Å². The van der Waals surface area contributed by atoms with E-state index in [0.29, 0.717) is 35.7 Å². The largest absolute Gasteiger partial charge is 0.493 e. The molecule has 1 unspecified atom stereocenters. The Balaban J connectivity index is 0.00000220. The van der Waals surface area contributed by atoms with Crippen LogP contribution in [0.15, 0.2) is 22.7 Å². The zero-order valence-electron chi connectivity index (χ0n) is 12.5. The average molecular weight is 314 g/mol. The van der Waals surface area contributed by atoms with Crippen molar-refractivity contribution in [3.05, 3.63) is 24.0 Å². The molecule has 1 aromatic carbocycles. The first-order valence-electron chi connectivity index (χ1n) is 6.40. The summed E-state index contributed by atoms with van der Waals surface area (Å²) < 4.78 is 15.7. The van der Waals surface area contributed by atoms with Gasteiger partial charge in [-0.3, -0.25) is 0 Å². The molecule has 0 bridgehead atoms. The Labute approximate surface area is 130 Å². The van der Waals surface area contributed by atoms with Gasteiger partial charge in [0.1, 0.15) is 0 Å². The number of likely N-dealkylation sites (N-methyl/N-ethyl adjacent to an activating group) is 1. The summed E-state index contributed by atoms with van der Waals surface area (Å²) in [6.07, 6.45) is 0.716. The molecule has 0 saturated heterocycles. The molecule has 0 aliphatic carbocycles. The minimum absolute atomic E-state index is 0. The van der Waals surface area contributed by atoms with E-state index >= 15 is 0 Å². The van der Waals surface area contributed by atoms with E-state index in [-0.39, 0.29) is 12.4 Å². The van der Waals surface area contributed by atoms with Crippen LogP contribution in [0.1, 0.15) is 12.7 Å². The quantitative estimate of drug-likeness (QED) is 0.882. The van der Waals surface area contributed by atoms with Crippen molar-refractivity contribution in [3.8, 4) is 23.0 Å². The van der Waals surface area contributed by atoms with Crippen LogP contribution in [0.4, 0.5) is 0 Å².